The molecule has 0 atom stereocenters. The van der Waals surface area contributed by atoms with E-state index in [0.29, 0.717) is 10.1 Å². The molecule has 1 saturated carbocycles. The van der Waals surface area contributed by atoms with Gasteiger partial charge in [-0.15, -0.1) is 11.8 Å². The standard InChI is InChI=1S/C11H11BrF2S/c12-8-5-10(14)11(6-9(8)13)15-7-3-1-2-4-7/h5-7H,1-4H2. The van der Waals surface area contributed by atoms with E-state index in [4.69, 9.17) is 0 Å². The Balaban J connectivity index is 2.16. The third kappa shape index (κ3) is 2.72. The molecule has 1 aliphatic rings. The Labute approximate surface area is 101 Å². The Hall–Kier alpha value is -0.0900. The van der Waals surface area contributed by atoms with Crippen LogP contribution in [0, 0.1) is 11.6 Å². The van der Waals surface area contributed by atoms with Crippen LogP contribution in [-0.4, -0.2) is 5.25 Å². The predicted octanol–water partition coefficient (Wildman–Crippen LogP) is 4.76. The molecule has 2 rings (SSSR count). The number of halogens is 3. The molecule has 1 fully saturated rings. The summed E-state index contributed by atoms with van der Waals surface area (Å²) in [6.07, 6.45) is 4.64. The van der Waals surface area contributed by atoms with Gasteiger partial charge in [0.05, 0.1) is 4.47 Å². The quantitative estimate of drug-likeness (QED) is 0.708. The van der Waals surface area contributed by atoms with E-state index in [1.54, 1.807) is 0 Å². The molecule has 1 aromatic carbocycles. The summed E-state index contributed by atoms with van der Waals surface area (Å²) >= 11 is 4.43. The van der Waals surface area contributed by atoms with E-state index in [0.717, 1.165) is 12.8 Å². The average Bonchev–Trinajstić information content (AvgIpc) is 2.67. The molecule has 0 aliphatic heterocycles. The Morgan fingerprint density at radius 1 is 1.13 bits per heavy atom. The molecule has 0 aromatic heterocycles. The van der Waals surface area contributed by atoms with Crippen LogP contribution in [0.25, 0.3) is 0 Å². The van der Waals surface area contributed by atoms with Crippen LogP contribution in [0.2, 0.25) is 0 Å². The molecule has 0 radical (unpaired) electrons. The summed E-state index contributed by atoms with van der Waals surface area (Å²) in [5.41, 5.74) is 0. The zero-order chi connectivity index (χ0) is 10.8. The van der Waals surface area contributed by atoms with Gasteiger partial charge in [-0.05, 0) is 40.9 Å². The molecule has 0 N–H and O–H groups in total. The van der Waals surface area contributed by atoms with Crippen molar-refractivity contribution in [2.45, 2.75) is 35.8 Å². The van der Waals surface area contributed by atoms with Crippen LogP contribution >= 0.6 is 27.7 Å². The average molecular weight is 293 g/mol. The van der Waals surface area contributed by atoms with Gasteiger partial charge in [0, 0.05) is 10.1 Å². The normalized spacial score (nSPS) is 17.3. The molecule has 0 nitrogen and oxygen atoms in total. The second-order valence-electron chi connectivity index (χ2n) is 3.72. The minimum atomic E-state index is -0.392. The van der Waals surface area contributed by atoms with Crippen molar-refractivity contribution in [3.8, 4) is 0 Å². The summed E-state index contributed by atoms with van der Waals surface area (Å²) in [6, 6.07) is 2.48. The fourth-order valence-electron chi connectivity index (χ4n) is 1.78. The molecule has 0 spiro atoms. The van der Waals surface area contributed by atoms with Crippen molar-refractivity contribution in [3.05, 3.63) is 28.2 Å². The van der Waals surface area contributed by atoms with Crippen LogP contribution in [0.3, 0.4) is 0 Å². The predicted molar refractivity (Wildman–Crippen MR) is 62.2 cm³/mol. The maximum absolute atomic E-state index is 13.5. The molecular weight excluding hydrogens is 282 g/mol. The van der Waals surface area contributed by atoms with Gasteiger partial charge in [-0.1, -0.05) is 12.8 Å². The van der Waals surface area contributed by atoms with Gasteiger partial charge >= 0.3 is 0 Å². The molecule has 1 aliphatic carbocycles. The van der Waals surface area contributed by atoms with Crippen LogP contribution in [0.1, 0.15) is 25.7 Å². The van der Waals surface area contributed by atoms with Crippen LogP contribution < -0.4 is 0 Å². The highest BCUT2D eigenvalue weighted by molar-refractivity contribution is 9.10. The molecule has 15 heavy (non-hydrogen) atoms. The fraction of sp³-hybridized carbons (Fsp3) is 0.455. The Morgan fingerprint density at radius 2 is 1.80 bits per heavy atom. The molecule has 0 bridgehead atoms. The van der Waals surface area contributed by atoms with Crippen LogP contribution in [0.15, 0.2) is 21.5 Å². The lowest BCUT2D eigenvalue weighted by atomic mass is 10.3. The summed E-state index contributed by atoms with van der Waals surface area (Å²) in [5.74, 6) is -0.725. The first-order valence-electron chi connectivity index (χ1n) is 4.98. The molecule has 0 amide bonds. The largest absolute Gasteiger partial charge is 0.206 e. The van der Waals surface area contributed by atoms with Crippen molar-refractivity contribution in [1.29, 1.82) is 0 Å². The maximum Gasteiger partial charge on any atom is 0.138 e. The monoisotopic (exact) mass is 292 g/mol. The lowest BCUT2D eigenvalue weighted by Gasteiger charge is -2.09. The van der Waals surface area contributed by atoms with Crippen LogP contribution in [0.4, 0.5) is 8.78 Å². The second kappa shape index (κ2) is 4.83. The molecule has 1 aromatic rings. The first kappa shape index (κ1) is 11.4. The third-order valence-electron chi connectivity index (χ3n) is 2.57. The van der Waals surface area contributed by atoms with Gasteiger partial charge in [0.25, 0.3) is 0 Å². The van der Waals surface area contributed by atoms with E-state index in [9.17, 15) is 8.78 Å². The third-order valence-corrected chi connectivity index (χ3v) is 4.55. The summed E-state index contributed by atoms with van der Waals surface area (Å²) in [6.45, 7) is 0. The maximum atomic E-state index is 13.5. The Bertz CT molecular complexity index is 362. The van der Waals surface area contributed by atoms with E-state index in [1.807, 2.05) is 0 Å². The van der Waals surface area contributed by atoms with Crippen molar-refractivity contribution in [2.75, 3.05) is 0 Å². The molecule has 0 heterocycles. The lowest BCUT2D eigenvalue weighted by molar-refractivity contribution is 0.572. The van der Waals surface area contributed by atoms with E-state index >= 15 is 0 Å². The molecule has 0 unspecified atom stereocenters. The van der Waals surface area contributed by atoms with Crippen molar-refractivity contribution in [2.24, 2.45) is 0 Å². The minimum absolute atomic E-state index is 0.191. The highest BCUT2D eigenvalue weighted by Gasteiger charge is 2.18. The van der Waals surface area contributed by atoms with E-state index in [-0.39, 0.29) is 10.3 Å². The second-order valence-corrected chi connectivity index (χ2v) is 5.92. The summed E-state index contributed by atoms with van der Waals surface area (Å²) < 4.78 is 26.9. The van der Waals surface area contributed by atoms with Crippen molar-refractivity contribution >= 4 is 27.7 Å². The van der Waals surface area contributed by atoms with Crippen molar-refractivity contribution in [1.82, 2.24) is 0 Å². The first-order chi connectivity index (χ1) is 7.16. The summed E-state index contributed by atoms with van der Waals surface area (Å²) in [4.78, 5) is 0.433. The zero-order valence-electron chi connectivity index (χ0n) is 8.10. The number of rotatable bonds is 2. The van der Waals surface area contributed by atoms with Gasteiger partial charge in [-0.25, -0.2) is 8.78 Å². The SMILES string of the molecule is Fc1cc(SC2CCCC2)c(F)cc1Br. The minimum Gasteiger partial charge on any atom is -0.206 e. The fourth-order valence-corrected chi connectivity index (χ4v) is 3.37. The Kier molecular flexibility index (Phi) is 3.67. The number of hydrogen-bond donors (Lipinski definition) is 0. The smallest absolute Gasteiger partial charge is 0.138 e. The van der Waals surface area contributed by atoms with Gasteiger partial charge in [0.15, 0.2) is 0 Å². The first-order valence-corrected chi connectivity index (χ1v) is 6.65. The highest BCUT2D eigenvalue weighted by Crippen LogP contribution is 2.37. The van der Waals surface area contributed by atoms with Gasteiger partial charge in [-0.3, -0.25) is 0 Å². The van der Waals surface area contributed by atoms with Crippen LogP contribution in [-0.2, 0) is 0 Å². The summed E-state index contributed by atoms with van der Waals surface area (Å²) in [7, 11) is 0. The molecule has 4 heteroatoms. The Morgan fingerprint density at radius 3 is 2.47 bits per heavy atom. The number of hydrogen-bond acceptors (Lipinski definition) is 1. The van der Waals surface area contributed by atoms with Crippen molar-refractivity contribution in [3.63, 3.8) is 0 Å². The van der Waals surface area contributed by atoms with E-state index in [1.165, 1.54) is 36.7 Å². The van der Waals surface area contributed by atoms with Gasteiger partial charge in [-0.2, -0.15) is 0 Å². The van der Waals surface area contributed by atoms with E-state index < -0.39 is 5.82 Å². The molecule has 0 saturated heterocycles. The summed E-state index contributed by atoms with van der Waals surface area (Å²) in [5, 5.41) is 0.458. The van der Waals surface area contributed by atoms with Crippen molar-refractivity contribution < 1.29 is 8.78 Å². The highest BCUT2D eigenvalue weighted by atomic mass is 79.9. The molecule has 82 valence electrons. The number of benzene rings is 1. The zero-order valence-corrected chi connectivity index (χ0v) is 10.5. The molecular formula is C11H11BrF2S. The van der Waals surface area contributed by atoms with Gasteiger partial charge in [0.2, 0.25) is 0 Å². The van der Waals surface area contributed by atoms with E-state index in [2.05, 4.69) is 15.9 Å². The van der Waals surface area contributed by atoms with Gasteiger partial charge < -0.3 is 0 Å². The van der Waals surface area contributed by atoms with Crippen LogP contribution in [0.5, 0.6) is 0 Å². The lowest BCUT2D eigenvalue weighted by Crippen LogP contribution is -1.95. The van der Waals surface area contributed by atoms with Gasteiger partial charge in [0.1, 0.15) is 11.6 Å². The topological polar surface area (TPSA) is 0 Å². The number of thioether (sulfide) groups is 1.